The summed E-state index contributed by atoms with van der Waals surface area (Å²) in [5, 5.41) is 0. The third-order valence-electron chi connectivity index (χ3n) is 4.95. The number of ether oxygens (including phenoxy) is 2. The third kappa shape index (κ3) is 4.32. The van der Waals surface area contributed by atoms with E-state index in [1.165, 1.54) is 6.92 Å². The predicted molar refractivity (Wildman–Crippen MR) is 104 cm³/mol. The lowest BCUT2D eigenvalue weighted by Gasteiger charge is -2.14. The Kier molecular flexibility index (Phi) is 5.68. The number of Topliss-reactive ketones (excluding diaryl/α,β-unsaturated/α-hetero) is 2. The first-order valence-corrected chi connectivity index (χ1v) is 9.44. The zero-order valence-electron chi connectivity index (χ0n) is 16.7. The number of aryl methyl sites for hydroxylation is 1. The van der Waals surface area contributed by atoms with E-state index in [2.05, 4.69) is 4.57 Å². The monoisotopic (exact) mass is 383 g/mol. The number of hydrogen-bond acceptors (Lipinski definition) is 5. The Morgan fingerprint density at radius 1 is 1.14 bits per heavy atom. The minimum atomic E-state index is -0.866. The second-order valence-corrected chi connectivity index (χ2v) is 7.26. The minimum Gasteiger partial charge on any atom is -0.479 e. The Morgan fingerprint density at radius 2 is 1.79 bits per heavy atom. The summed E-state index contributed by atoms with van der Waals surface area (Å²) in [6.07, 6.45) is 1.41. The van der Waals surface area contributed by atoms with Gasteiger partial charge in [-0.3, -0.25) is 9.59 Å². The van der Waals surface area contributed by atoms with Gasteiger partial charge in [0.2, 0.25) is 5.78 Å². The molecule has 28 heavy (non-hydrogen) atoms. The van der Waals surface area contributed by atoms with Crippen molar-refractivity contribution in [2.45, 2.75) is 52.7 Å². The molecular formula is C22H25NO5. The second-order valence-electron chi connectivity index (χ2n) is 7.26. The SMILES string of the molecule is CC(=O)c1ccc(OC(C)C(=O)OCC(=O)c2cc(C)n(C3CC3)c2C)cc1. The molecule has 148 valence electrons. The highest BCUT2D eigenvalue weighted by atomic mass is 16.6. The van der Waals surface area contributed by atoms with E-state index in [1.807, 2.05) is 19.9 Å². The van der Waals surface area contributed by atoms with Gasteiger partial charge in [0.25, 0.3) is 0 Å². The molecule has 0 saturated heterocycles. The van der Waals surface area contributed by atoms with Crippen LogP contribution in [0.1, 0.15) is 64.8 Å². The van der Waals surface area contributed by atoms with Crippen molar-refractivity contribution in [2.75, 3.05) is 6.61 Å². The van der Waals surface area contributed by atoms with Gasteiger partial charge in [0.1, 0.15) is 5.75 Å². The van der Waals surface area contributed by atoms with Crippen LogP contribution in [-0.4, -0.2) is 34.8 Å². The van der Waals surface area contributed by atoms with Gasteiger partial charge in [0.15, 0.2) is 18.5 Å². The summed E-state index contributed by atoms with van der Waals surface area (Å²) in [5.74, 6) is -0.418. The first-order chi connectivity index (χ1) is 13.3. The maximum Gasteiger partial charge on any atom is 0.347 e. The summed E-state index contributed by atoms with van der Waals surface area (Å²) < 4.78 is 12.9. The molecule has 1 aromatic heterocycles. The van der Waals surface area contributed by atoms with Gasteiger partial charge in [0.05, 0.1) is 0 Å². The van der Waals surface area contributed by atoms with E-state index in [-0.39, 0.29) is 18.2 Å². The van der Waals surface area contributed by atoms with Crippen LogP contribution < -0.4 is 4.74 Å². The fraction of sp³-hybridized carbons (Fsp3) is 0.409. The summed E-state index contributed by atoms with van der Waals surface area (Å²) in [7, 11) is 0. The van der Waals surface area contributed by atoms with Crippen molar-refractivity contribution < 1.29 is 23.9 Å². The number of carbonyl (C=O) groups excluding carboxylic acids is 3. The van der Waals surface area contributed by atoms with Crippen molar-refractivity contribution in [3.05, 3.63) is 52.8 Å². The van der Waals surface area contributed by atoms with Crippen LogP contribution in [0.3, 0.4) is 0 Å². The van der Waals surface area contributed by atoms with Gasteiger partial charge in [-0.25, -0.2) is 4.79 Å². The molecule has 1 aliphatic rings. The summed E-state index contributed by atoms with van der Waals surface area (Å²) in [6.45, 7) is 6.64. The Balaban J connectivity index is 1.55. The first kappa shape index (κ1) is 19.9. The number of hydrogen-bond donors (Lipinski definition) is 0. The molecular weight excluding hydrogens is 358 g/mol. The summed E-state index contributed by atoms with van der Waals surface area (Å²) >= 11 is 0. The van der Waals surface area contributed by atoms with Crippen LogP contribution in [-0.2, 0) is 9.53 Å². The number of benzene rings is 1. The van der Waals surface area contributed by atoms with Crippen LogP contribution in [0.15, 0.2) is 30.3 Å². The highest BCUT2D eigenvalue weighted by molar-refractivity contribution is 5.99. The number of ketones is 2. The van der Waals surface area contributed by atoms with Crippen LogP contribution >= 0.6 is 0 Å². The van der Waals surface area contributed by atoms with Gasteiger partial charge in [-0.2, -0.15) is 0 Å². The van der Waals surface area contributed by atoms with Crippen LogP contribution in [0.2, 0.25) is 0 Å². The van der Waals surface area contributed by atoms with Crippen molar-refractivity contribution in [3.63, 3.8) is 0 Å². The van der Waals surface area contributed by atoms with Crippen molar-refractivity contribution in [1.29, 1.82) is 0 Å². The molecule has 2 aromatic rings. The van der Waals surface area contributed by atoms with E-state index < -0.39 is 12.1 Å². The van der Waals surface area contributed by atoms with E-state index in [4.69, 9.17) is 9.47 Å². The molecule has 0 amide bonds. The topological polar surface area (TPSA) is 74.6 Å². The Hall–Kier alpha value is -2.89. The van der Waals surface area contributed by atoms with Gasteiger partial charge in [0, 0.05) is 28.6 Å². The maximum absolute atomic E-state index is 12.5. The predicted octanol–water partition coefficient (Wildman–Crippen LogP) is 3.84. The van der Waals surface area contributed by atoms with E-state index in [1.54, 1.807) is 31.2 Å². The highest BCUT2D eigenvalue weighted by Crippen LogP contribution is 2.38. The Labute approximate surface area is 164 Å². The lowest BCUT2D eigenvalue weighted by Crippen LogP contribution is -2.28. The first-order valence-electron chi connectivity index (χ1n) is 9.44. The van der Waals surface area contributed by atoms with E-state index in [9.17, 15) is 14.4 Å². The molecule has 1 atom stereocenters. The standard InChI is InChI=1S/C22H25NO5/c1-13-11-20(14(2)23(13)18-7-8-18)21(25)12-27-22(26)16(4)28-19-9-5-17(6-10-19)15(3)24/h5-6,9-11,16,18H,7-8,12H2,1-4H3. The van der Waals surface area contributed by atoms with Gasteiger partial charge < -0.3 is 14.0 Å². The average molecular weight is 383 g/mol. The van der Waals surface area contributed by atoms with Crippen LogP contribution in [0.4, 0.5) is 0 Å². The normalized spacial score (nSPS) is 14.4. The lowest BCUT2D eigenvalue weighted by atomic mass is 10.1. The van der Waals surface area contributed by atoms with Crippen molar-refractivity contribution >= 4 is 17.5 Å². The van der Waals surface area contributed by atoms with Crippen LogP contribution in [0, 0.1) is 13.8 Å². The molecule has 3 rings (SSSR count). The molecule has 1 aromatic carbocycles. The number of rotatable bonds is 8. The molecule has 1 heterocycles. The van der Waals surface area contributed by atoms with Crippen LogP contribution in [0.5, 0.6) is 5.75 Å². The molecule has 6 heteroatoms. The van der Waals surface area contributed by atoms with Crippen molar-refractivity contribution in [1.82, 2.24) is 4.57 Å². The highest BCUT2D eigenvalue weighted by Gasteiger charge is 2.28. The van der Waals surface area contributed by atoms with Gasteiger partial charge >= 0.3 is 5.97 Å². The number of nitrogens with zero attached hydrogens (tertiary/aromatic N) is 1. The van der Waals surface area contributed by atoms with E-state index >= 15 is 0 Å². The smallest absolute Gasteiger partial charge is 0.347 e. The number of carbonyl (C=O) groups is 3. The van der Waals surface area contributed by atoms with E-state index in [0.717, 1.165) is 24.2 Å². The van der Waals surface area contributed by atoms with Crippen molar-refractivity contribution in [3.8, 4) is 5.75 Å². The average Bonchev–Trinajstić information content (AvgIpc) is 3.44. The zero-order chi connectivity index (χ0) is 20.4. The molecule has 1 fully saturated rings. The second kappa shape index (κ2) is 8.00. The maximum atomic E-state index is 12.5. The molecule has 6 nitrogen and oxygen atoms in total. The quantitative estimate of drug-likeness (QED) is 0.511. The zero-order valence-corrected chi connectivity index (χ0v) is 16.7. The number of aromatic nitrogens is 1. The summed E-state index contributed by atoms with van der Waals surface area (Å²) in [6, 6.07) is 8.87. The molecule has 0 aliphatic heterocycles. The fourth-order valence-corrected chi connectivity index (χ4v) is 3.31. The largest absolute Gasteiger partial charge is 0.479 e. The Bertz CT molecular complexity index is 906. The molecule has 1 aliphatic carbocycles. The van der Waals surface area contributed by atoms with Gasteiger partial charge in [-0.1, -0.05) is 0 Å². The van der Waals surface area contributed by atoms with Crippen LogP contribution in [0.25, 0.3) is 0 Å². The molecule has 0 radical (unpaired) electrons. The minimum absolute atomic E-state index is 0.0430. The molecule has 0 bridgehead atoms. The lowest BCUT2D eigenvalue weighted by molar-refractivity contribution is -0.149. The fourth-order valence-electron chi connectivity index (χ4n) is 3.31. The van der Waals surface area contributed by atoms with Gasteiger partial charge in [-0.15, -0.1) is 0 Å². The summed E-state index contributed by atoms with van der Waals surface area (Å²) in [4.78, 5) is 36.0. The number of esters is 1. The Morgan fingerprint density at radius 3 is 2.36 bits per heavy atom. The molecule has 1 saturated carbocycles. The van der Waals surface area contributed by atoms with E-state index in [0.29, 0.717) is 22.9 Å². The molecule has 0 N–H and O–H groups in total. The van der Waals surface area contributed by atoms with Gasteiger partial charge in [-0.05, 0) is 70.9 Å². The molecule has 0 spiro atoms. The third-order valence-corrected chi connectivity index (χ3v) is 4.95. The summed E-state index contributed by atoms with van der Waals surface area (Å²) in [5.41, 5.74) is 3.15. The molecule has 1 unspecified atom stereocenters. The van der Waals surface area contributed by atoms with Crippen molar-refractivity contribution in [2.24, 2.45) is 0 Å².